The van der Waals surface area contributed by atoms with Crippen LogP contribution in [0, 0.1) is 0 Å². The highest BCUT2D eigenvalue weighted by atomic mass is 16.5. The molecule has 0 aliphatic rings. The summed E-state index contributed by atoms with van der Waals surface area (Å²) < 4.78 is 5.56. The van der Waals surface area contributed by atoms with Crippen molar-refractivity contribution in [2.45, 2.75) is 13.2 Å². The van der Waals surface area contributed by atoms with Crippen molar-refractivity contribution in [2.24, 2.45) is 5.73 Å². The lowest BCUT2D eigenvalue weighted by Gasteiger charge is -2.09. The highest BCUT2D eigenvalue weighted by molar-refractivity contribution is 5.41. The molecule has 0 radical (unpaired) electrons. The number of benzene rings is 2. The summed E-state index contributed by atoms with van der Waals surface area (Å²) in [5.41, 5.74) is 7.54. The van der Waals surface area contributed by atoms with E-state index >= 15 is 0 Å². The second-order valence-corrected chi connectivity index (χ2v) is 3.78. The smallest absolute Gasteiger partial charge is 0.161 e. The van der Waals surface area contributed by atoms with E-state index in [-0.39, 0.29) is 5.75 Å². The molecular formula is C14H15NO2. The van der Waals surface area contributed by atoms with Gasteiger partial charge in [-0.05, 0) is 23.3 Å². The first-order valence-electron chi connectivity index (χ1n) is 5.48. The lowest BCUT2D eigenvalue weighted by molar-refractivity contribution is 0.288. The first-order chi connectivity index (χ1) is 8.29. The van der Waals surface area contributed by atoms with Gasteiger partial charge in [-0.1, -0.05) is 36.4 Å². The van der Waals surface area contributed by atoms with Crippen molar-refractivity contribution in [3.05, 3.63) is 59.7 Å². The molecule has 2 aromatic rings. The Morgan fingerprint density at radius 3 is 2.47 bits per heavy atom. The van der Waals surface area contributed by atoms with Gasteiger partial charge in [-0.3, -0.25) is 0 Å². The normalized spacial score (nSPS) is 10.2. The van der Waals surface area contributed by atoms with Crippen LogP contribution >= 0.6 is 0 Å². The van der Waals surface area contributed by atoms with E-state index < -0.39 is 0 Å². The van der Waals surface area contributed by atoms with Crippen LogP contribution in [0.2, 0.25) is 0 Å². The summed E-state index contributed by atoms with van der Waals surface area (Å²) in [5.74, 6) is 0.606. The maximum Gasteiger partial charge on any atom is 0.161 e. The average Bonchev–Trinajstić information content (AvgIpc) is 2.39. The number of phenols is 1. The zero-order valence-corrected chi connectivity index (χ0v) is 9.47. The summed E-state index contributed by atoms with van der Waals surface area (Å²) in [6.45, 7) is 0.865. The Morgan fingerprint density at radius 1 is 1.00 bits per heavy atom. The van der Waals surface area contributed by atoms with Gasteiger partial charge in [0.1, 0.15) is 6.61 Å². The number of hydrogen-bond donors (Lipinski definition) is 2. The van der Waals surface area contributed by atoms with Gasteiger partial charge in [0.2, 0.25) is 0 Å². The molecule has 0 fully saturated rings. The van der Waals surface area contributed by atoms with Crippen molar-refractivity contribution < 1.29 is 9.84 Å². The number of ether oxygens (including phenoxy) is 1. The quantitative estimate of drug-likeness (QED) is 0.846. The van der Waals surface area contributed by atoms with Crippen LogP contribution in [0.5, 0.6) is 11.5 Å². The third-order valence-corrected chi connectivity index (χ3v) is 2.50. The van der Waals surface area contributed by atoms with Crippen LogP contribution in [-0.2, 0) is 13.2 Å². The molecule has 2 rings (SSSR count). The Morgan fingerprint density at radius 2 is 1.76 bits per heavy atom. The van der Waals surface area contributed by atoms with E-state index in [1.165, 1.54) is 0 Å². The fourth-order valence-corrected chi connectivity index (χ4v) is 1.54. The van der Waals surface area contributed by atoms with Gasteiger partial charge < -0.3 is 15.6 Å². The van der Waals surface area contributed by atoms with E-state index in [0.717, 1.165) is 11.1 Å². The molecule has 0 aliphatic carbocycles. The number of aromatic hydroxyl groups is 1. The van der Waals surface area contributed by atoms with E-state index in [1.807, 2.05) is 30.3 Å². The molecule has 0 atom stereocenters. The van der Waals surface area contributed by atoms with Crippen molar-refractivity contribution in [1.82, 2.24) is 0 Å². The Labute approximate surface area is 100 Å². The van der Waals surface area contributed by atoms with Crippen molar-refractivity contribution in [2.75, 3.05) is 0 Å². The number of rotatable bonds is 4. The van der Waals surface area contributed by atoms with Crippen LogP contribution in [-0.4, -0.2) is 5.11 Å². The first-order valence-corrected chi connectivity index (χ1v) is 5.48. The van der Waals surface area contributed by atoms with Gasteiger partial charge in [-0.15, -0.1) is 0 Å². The molecule has 0 saturated carbocycles. The van der Waals surface area contributed by atoms with Crippen LogP contribution in [0.4, 0.5) is 0 Å². The van der Waals surface area contributed by atoms with Crippen LogP contribution < -0.4 is 10.5 Å². The number of hydrogen-bond acceptors (Lipinski definition) is 3. The maximum atomic E-state index is 9.64. The predicted molar refractivity (Wildman–Crippen MR) is 66.8 cm³/mol. The van der Waals surface area contributed by atoms with Gasteiger partial charge in [0.25, 0.3) is 0 Å². The van der Waals surface area contributed by atoms with Gasteiger partial charge >= 0.3 is 0 Å². The van der Waals surface area contributed by atoms with Gasteiger partial charge in [0.05, 0.1) is 0 Å². The lowest BCUT2D eigenvalue weighted by Crippen LogP contribution is -1.99. The zero-order chi connectivity index (χ0) is 12.1. The second kappa shape index (κ2) is 5.37. The van der Waals surface area contributed by atoms with Crippen molar-refractivity contribution in [1.29, 1.82) is 0 Å². The third-order valence-electron chi connectivity index (χ3n) is 2.50. The van der Waals surface area contributed by atoms with Crippen molar-refractivity contribution >= 4 is 0 Å². The van der Waals surface area contributed by atoms with Gasteiger partial charge in [0.15, 0.2) is 11.5 Å². The molecule has 0 heterocycles. The molecule has 17 heavy (non-hydrogen) atoms. The van der Waals surface area contributed by atoms with E-state index in [4.69, 9.17) is 10.5 Å². The molecule has 3 nitrogen and oxygen atoms in total. The Kier molecular flexibility index (Phi) is 3.62. The number of phenolic OH excluding ortho intramolecular Hbond substituents is 1. The SMILES string of the molecule is NCc1ccc(O)c(OCc2ccccc2)c1. The minimum Gasteiger partial charge on any atom is -0.504 e. The molecule has 3 heteroatoms. The molecular weight excluding hydrogens is 214 g/mol. The van der Waals surface area contributed by atoms with Crippen LogP contribution in [0.15, 0.2) is 48.5 Å². The topological polar surface area (TPSA) is 55.5 Å². The molecule has 0 aliphatic heterocycles. The summed E-state index contributed by atoms with van der Waals surface area (Å²) in [6, 6.07) is 15.0. The van der Waals surface area contributed by atoms with Gasteiger partial charge in [-0.25, -0.2) is 0 Å². The van der Waals surface area contributed by atoms with Crippen LogP contribution in [0.1, 0.15) is 11.1 Å². The Hall–Kier alpha value is -2.00. The van der Waals surface area contributed by atoms with E-state index in [9.17, 15) is 5.11 Å². The Bertz CT molecular complexity index is 483. The monoisotopic (exact) mass is 229 g/mol. The summed E-state index contributed by atoms with van der Waals surface area (Å²) in [5, 5.41) is 9.64. The summed E-state index contributed by atoms with van der Waals surface area (Å²) >= 11 is 0. The molecule has 0 bridgehead atoms. The van der Waals surface area contributed by atoms with Crippen LogP contribution in [0.25, 0.3) is 0 Å². The molecule has 3 N–H and O–H groups in total. The largest absolute Gasteiger partial charge is 0.504 e. The molecule has 0 amide bonds. The first kappa shape index (κ1) is 11.5. The van der Waals surface area contributed by atoms with Crippen molar-refractivity contribution in [3.63, 3.8) is 0 Å². The Balaban J connectivity index is 2.08. The molecule has 0 aromatic heterocycles. The van der Waals surface area contributed by atoms with E-state index in [1.54, 1.807) is 18.2 Å². The van der Waals surface area contributed by atoms with Crippen LogP contribution in [0.3, 0.4) is 0 Å². The molecule has 0 saturated heterocycles. The van der Waals surface area contributed by atoms with E-state index in [2.05, 4.69) is 0 Å². The number of nitrogens with two attached hydrogens (primary N) is 1. The fraction of sp³-hybridized carbons (Fsp3) is 0.143. The molecule has 88 valence electrons. The second-order valence-electron chi connectivity index (χ2n) is 3.78. The fourth-order valence-electron chi connectivity index (χ4n) is 1.54. The highest BCUT2D eigenvalue weighted by Crippen LogP contribution is 2.27. The molecule has 0 spiro atoms. The summed E-state index contributed by atoms with van der Waals surface area (Å²) in [6.07, 6.45) is 0. The summed E-state index contributed by atoms with van der Waals surface area (Å²) in [4.78, 5) is 0. The van der Waals surface area contributed by atoms with Crippen molar-refractivity contribution in [3.8, 4) is 11.5 Å². The van der Waals surface area contributed by atoms with Gasteiger partial charge in [-0.2, -0.15) is 0 Å². The minimum atomic E-state index is 0.137. The maximum absolute atomic E-state index is 9.64. The lowest BCUT2D eigenvalue weighted by atomic mass is 10.2. The summed E-state index contributed by atoms with van der Waals surface area (Å²) in [7, 11) is 0. The predicted octanol–water partition coefficient (Wildman–Crippen LogP) is 2.43. The minimum absolute atomic E-state index is 0.137. The standard InChI is InChI=1S/C14H15NO2/c15-9-12-6-7-13(16)14(8-12)17-10-11-4-2-1-3-5-11/h1-8,16H,9-10,15H2. The third kappa shape index (κ3) is 2.98. The molecule has 2 aromatic carbocycles. The average molecular weight is 229 g/mol. The molecule has 0 unspecified atom stereocenters. The zero-order valence-electron chi connectivity index (χ0n) is 9.47. The van der Waals surface area contributed by atoms with E-state index in [0.29, 0.717) is 18.9 Å². The highest BCUT2D eigenvalue weighted by Gasteiger charge is 2.03. The van der Waals surface area contributed by atoms with Gasteiger partial charge in [0, 0.05) is 6.54 Å².